The van der Waals surface area contributed by atoms with Crippen LogP contribution < -0.4 is 9.64 Å². The highest BCUT2D eigenvalue weighted by atomic mass is 16.6. The van der Waals surface area contributed by atoms with Gasteiger partial charge in [-0.25, -0.2) is 9.59 Å². The van der Waals surface area contributed by atoms with Gasteiger partial charge in [0.1, 0.15) is 11.9 Å². The number of hydrogen-bond donors (Lipinski definition) is 0. The Morgan fingerprint density at radius 1 is 1.06 bits per heavy atom. The van der Waals surface area contributed by atoms with E-state index in [0.717, 1.165) is 38.0 Å². The average molecular weight is 424 g/mol. The maximum absolute atomic E-state index is 13.3. The van der Waals surface area contributed by atoms with E-state index in [4.69, 9.17) is 14.2 Å². The largest absolute Gasteiger partial charge is 0.497 e. The molecule has 2 bridgehead atoms. The van der Waals surface area contributed by atoms with Crippen LogP contribution in [0.4, 0.5) is 10.5 Å². The number of carbonyl (C=O) groups is 2. The Morgan fingerprint density at radius 3 is 2.42 bits per heavy atom. The van der Waals surface area contributed by atoms with Gasteiger partial charge in [-0.3, -0.25) is 9.80 Å². The van der Waals surface area contributed by atoms with E-state index >= 15 is 0 Å². The first kappa shape index (κ1) is 21.2. The van der Waals surface area contributed by atoms with Crippen LogP contribution in [-0.2, 0) is 16.0 Å². The minimum atomic E-state index is -0.391. The zero-order valence-corrected chi connectivity index (χ0v) is 18.0. The summed E-state index contributed by atoms with van der Waals surface area (Å²) >= 11 is 0. The average Bonchev–Trinajstić information content (AvgIpc) is 2.83. The fourth-order valence-corrected chi connectivity index (χ4v) is 4.32. The highest BCUT2D eigenvalue weighted by Crippen LogP contribution is 2.31. The van der Waals surface area contributed by atoms with Crippen LogP contribution in [0.25, 0.3) is 0 Å². The van der Waals surface area contributed by atoms with Crippen molar-refractivity contribution in [3.63, 3.8) is 0 Å². The smallest absolute Gasteiger partial charge is 0.414 e. The number of rotatable bonds is 6. The van der Waals surface area contributed by atoms with Gasteiger partial charge in [-0.15, -0.1) is 0 Å². The van der Waals surface area contributed by atoms with Crippen molar-refractivity contribution in [3.05, 3.63) is 59.7 Å². The van der Waals surface area contributed by atoms with E-state index in [-0.39, 0.29) is 12.2 Å². The summed E-state index contributed by atoms with van der Waals surface area (Å²) in [5, 5.41) is 0. The normalized spacial score (nSPS) is 21.9. The molecule has 3 aliphatic heterocycles. The van der Waals surface area contributed by atoms with Crippen molar-refractivity contribution < 1.29 is 23.8 Å². The molecule has 7 heteroatoms. The lowest BCUT2D eigenvalue weighted by atomic mass is 9.86. The summed E-state index contributed by atoms with van der Waals surface area (Å²) in [5.74, 6) is 0.706. The van der Waals surface area contributed by atoms with Crippen LogP contribution in [0.1, 0.15) is 28.8 Å². The van der Waals surface area contributed by atoms with Gasteiger partial charge < -0.3 is 14.2 Å². The van der Waals surface area contributed by atoms with Gasteiger partial charge in [0, 0.05) is 12.6 Å². The topological polar surface area (TPSA) is 68.3 Å². The first-order chi connectivity index (χ1) is 15.1. The van der Waals surface area contributed by atoms with Crippen LogP contribution in [0, 0.1) is 5.92 Å². The van der Waals surface area contributed by atoms with Crippen molar-refractivity contribution in [1.29, 1.82) is 0 Å². The number of carbonyl (C=O) groups excluding carboxylic acids is 2. The lowest BCUT2D eigenvalue weighted by Gasteiger charge is -2.44. The molecule has 3 heterocycles. The van der Waals surface area contributed by atoms with E-state index in [1.165, 1.54) is 7.11 Å². The molecule has 0 spiro atoms. The first-order valence-electron chi connectivity index (χ1n) is 10.6. The van der Waals surface area contributed by atoms with Crippen molar-refractivity contribution in [3.8, 4) is 5.75 Å². The number of hydrogen-bond acceptors (Lipinski definition) is 6. The predicted molar refractivity (Wildman–Crippen MR) is 116 cm³/mol. The second kappa shape index (κ2) is 9.39. The molecule has 31 heavy (non-hydrogen) atoms. The number of ether oxygens (including phenoxy) is 3. The molecule has 0 N–H and O–H groups in total. The summed E-state index contributed by atoms with van der Waals surface area (Å²) in [5.41, 5.74) is 2.04. The van der Waals surface area contributed by atoms with Gasteiger partial charge in [0.15, 0.2) is 0 Å². The quantitative estimate of drug-likeness (QED) is 0.659. The summed E-state index contributed by atoms with van der Waals surface area (Å²) in [6.45, 7) is 3.29. The molecule has 0 radical (unpaired) electrons. The zero-order valence-electron chi connectivity index (χ0n) is 18.0. The van der Waals surface area contributed by atoms with Crippen molar-refractivity contribution in [1.82, 2.24) is 4.90 Å². The van der Waals surface area contributed by atoms with Crippen LogP contribution in [0.2, 0.25) is 0 Å². The molecular formula is C24H28N2O5. The molecule has 5 rings (SSSR count). The van der Waals surface area contributed by atoms with Crippen molar-refractivity contribution in [2.24, 2.45) is 5.92 Å². The molecule has 0 unspecified atom stereocenters. The van der Waals surface area contributed by atoms with Crippen molar-refractivity contribution in [2.45, 2.75) is 25.5 Å². The minimum Gasteiger partial charge on any atom is -0.497 e. The first-order valence-corrected chi connectivity index (χ1v) is 10.6. The van der Waals surface area contributed by atoms with E-state index in [9.17, 15) is 9.59 Å². The van der Waals surface area contributed by atoms with Crippen LogP contribution in [-0.4, -0.2) is 56.9 Å². The Balaban J connectivity index is 1.55. The molecular weight excluding hydrogens is 396 g/mol. The highest BCUT2D eigenvalue weighted by molar-refractivity contribution is 5.90. The minimum absolute atomic E-state index is 0.0789. The molecule has 7 nitrogen and oxygen atoms in total. The number of amides is 1. The van der Waals surface area contributed by atoms with Gasteiger partial charge >= 0.3 is 12.1 Å². The van der Waals surface area contributed by atoms with E-state index in [2.05, 4.69) is 4.90 Å². The molecule has 0 aliphatic carbocycles. The Kier molecular flexibility index (Phi) is 6.42. The number of piperidine rings is 3. The lowest BCUT2D eigenvalue weighted by Crippen LogP contribution is -2.53. The molecule has 1 atom stereocenters. The second-order valence-corrected chi connectivity index (χ2v) is 8.04. The molecule has 3 fully saturated rings. The number of fused-ring (bicyclic) bond motifs is 3. The molecule has 164 valence electrons. The second-order valence-electron chi connectivity index (χ2n) is 8.04. The van der Waals surface area contributed by atoms with Gasteiger partial charge in [-0.05, 0) is 61.7 Å². The molecule has 2 aromatic carbocycles. The van der Waals surface area contributed by atoms with Crippen LogP contribution in [0.15, 0.2) is 48.5 Å². The molecule has 3 saturated heterocycles. The van der Waals surface area contributed by atoms with Crippen LogP contribution in [0.3, 0.4) is 0 Å². The van der Waals surface area contributed by atoms with Gasteiger partial charge in [-0.1, -0.05) is 18.2 Å². The molecule has 0 aromatic heterocycles. The van der Waals surface area contributed by atoms with Crippen LogP contribution in [0.5, 0.6) is 5.75 Å². The third-order valence-electron chi connectivity index (χ3n) is 6.15. The van der Waals surface area contributed by atoms with Crippen molar-refractivity contribution in [2.75, 3.05) is 38.8 Å². The van der Waals surface area contributed by atoms with Gasteiger partial charge in [-0.2, -0.15) is 0 Å². The molecule has 1 amide bonds. The maximum atomic E-state index is 13.3. The van der Waals surface area contributed by atoms with Gasteiger partial charge in [0.05, 0.1) is 32.0 Å². The SMILES string of the molecule is COC(=O)c1ccc(CN(C(=O)O[C@H]2CN3CCC2CC3)c2cccc(OC)c2)cc1. The van der Waals surface area contributed by atoms with E-state index in [0.29, 0.717) is 29.5 Å². The third-order valence-corrected chi connectivity index (χ3v) is 6.15. The Bertz CT molecular complexity index is 922. The summed E-state index contributed by atoms with van der Waals surface area (Å²) < 4.78 is 16.1. The number of benzene rings is 2. The van der Waals surface area contributed by atoms with E-state index in [1.54, 1.807) is 24.1 Å². The Morgan fingerprint density at radius 2 is 1.81 bits per heavy atom. The number of anilines is 1. The van der Waals surface area contributed by atoms with Crippen molar-refractivity contribution >= 4 is 17.7 Å². The third kappa shape index (κ3) is 4.82. The molecule has 2 aromatic rings. The fourth-order valence-electron chi connectivity index (χ4n) is 4.32. The predicted octanol–water partition coefficient (Wildman–Crippen LogP) is 3.72. The van der Waals surface area contributed by atoms with Gasteiger partial charge in [0.25, 0.3) is 0 Å². The van der Waals surface area contributed by atoms with Gasteiger partial charge in [0.2, 0.25) is 0 Å². The maximum Gasteiger partial charge on any atom is 0.414 e. The zero-order chi connectivity index (χ0) is 21.8. The Hall–Kier alpha value is -3.06. The molecule has 3 aliphatic rings. The van der Waals surface area contributed by atoms with E-state index in [1.807, 2.05) is 36.4 Å². The number of esters is 1. The molecule has 0 saturated carbocycles. The summed E-state index contributed by atoms with van der Waals surface area (Å²) in [6.07, 6.45) is 1.70. The van der Waals surface area contributed by atoms with E-state index < -0.39 is 5.97 Å². The highest BCUT2D eigenvalue weighted by Gasteiger charge is 2.37. The summed E-state index contributed by atoms with van der Waals surface area (Å²) in [6, 6.07) is 14.4. The Labute approximate surface area is 182 Å². The lowest BCUT2D eigenvalue weighted by molar-refractivity contribution is -0.0311. The summed E-state index contributed by atoms with van der Waals surface area (Å²) in [4.78, 5) is 29.0. The summed E-state index contributed by atoms with van der Waals surface area (Å²) in [7, 11) is 2.95. The number of methoxy groups -OCH3 is 2. The fraction of sp³-hybridized carbons (Fsp3) is 0.417. The van der Waals surface area contributed by atoms with Crippen LogP contribution >= 0.6 is 0 Å². The standard InChI is InChI=1S/C24H28N2O5/c1-29-21-5-3-4-20(14-21)26(15-17-6-8-19(9-7-17)23(27)30-2)24(28)31-22-16-25-12-10-18(22)11-13-25/h3-9,14,18,22H,10-13,15-16H2,1-2H3/t22-/m0/s1. The number of nitrogens with zero attached hydrogens (tertiary/aromatic N) is 2. The monoisotopic (exact) mass is 424 g/mol.